The molecule has 0 aromatic heterocycles. The predicted octanol–water partition coefficient (Wildman–Crippen LogP) is 3.27. The zero-order chi connectivity index (χ0) is 17.0. The van der Waals surface area contributed by atoms with Crippen LogP contribution in [0.1, 0.15) is 26.3 Å². The van der Waals surface area contributed by atoms with Gasteiger partial charge in [0.1, 0.15) is 5.75 Å². The summed E-state index contributed by atoms with van der Waals surface area (Å²) >= 11 is 6.04. The average Bonchev–Trinajstić information content (AvgIpc) is 2.56. The standard InChI is InChI=1S/C17H17ClN2O3/c1-10-12(5-4-6-14(10)18)17(22)20-15-8-7-11(23-3)9-13(15)16(21)19-2/h4-9H,1-3H3,(H,19,21)(H,20,22). The van der Waals surface area contributed by atoms with E-state index in [4.69, 9.17) is 16.3 Å². The summed E-state index contributed by atoms with van der Waals surface area (Å²) in [6, 6.07) is 9.97. The van der Waals surface area contributed by atoms with Crippen molar-refractivity contribution in [2.45, 2.75) is 6.92 Å². The number of carbonyl (C=O) groups excluding carboxylic acids is 2. The zero-order valence-electron chi connectivity index (χ0n) is 13.1. The number of carbonyl (C=O) groups is 2. The Balaban J connectivity index is 2.37. The molecule has 2 rings (SSSR count). The quantitative estimate of drug-likeness (QED) is 0.903. The normalized spacial score (nSPS) is 10.1. The molecular formula is C17H17ClN2O3. The number of hydrogen-bond donors (Lipinski definition) is 2. The topological polar surface area (TPSA) is 67.4 Å². The van der Waals surface area contributed by atoms with Gasteiger partial charge < -0.3 is 15.4 Å². The molecule has 0 radical (unpaired) electrons. The van der Waals surface area contributed by atoms with Gasteiger partial charge in [0.05, 0.1) is 18.4 Å². The van der Waals surface area contributed by atoms with Crippen molar-refractivity contribution in [3.05, 3.63) is 58.1 Å². The second kappa shape index (κ2) is 7.15. The highest BCUT2D eigenvalue weighted by molar-refractivity contribution is 6.32. The van der Waals surface area contributed by atoms with Crippen LogP contribution in [0.25, 0.3) is 0 Å². The molecule has 0 aliphatic heterocycles. The van der Waals surface area contributed by atoms with Crippen molar-refractivity contribution < 1.29 is 14.3 Å². The number of rotatable bonds is 4. The Morgan fingerprint density at radius 3 is 2.48 bits per heavy atom. The number of hydrogen-bond acceptors (Lipinski definition) is 3. The van der Waals surface area contributed by atoms with Crippen molar-refractivity contribution in [2.24, 2.45) is 0 Å². The van der Waals surface area contributed by atoms with Gasteiger partial charge in [-0.05, 0) is 42.8 Å². The van der Waals surface area contributed by atoms with Crippen LogP contribution in [-0.2, 0) is 0 Å². The van der Waals surface area contributed by atoms with Crippen LogP contribution in [0.15, 0.2) is 36.4 Å². The van der Waals surface area contributed by atoms with Gasteiger partial charge in [-0.15, -0.1) is 0 Å². The molecule has 0 unspecified atom stereocenters. The average molecular weight is 333 g/mol. The Labute approximate surface area is 139 Å². The van der Waals surface area contributed by atoms with Crippen LogP contribution in [0.2, 0.25) is 5.02 Å². The summed E-state index contributed by atoms with van der Waals surface area (Å²) in [7, 11) is 3.03. The number of ether oxygens (including phenoxy) is 1. The first-order chi connectivity index (χ1) is 11.0. The maximum Gasteiger partial charge on any atom is 0.256 e. The van der Waals surface area contributed by atoms with Gasteiger partial charge in [-0.25, -0.2) is 0 Å². The van der Waals surface area contributed by atoms with E-state index in [1.807, 2.05) is 0 Å². The maximum atomic E-state index is 12.5. The van der Waals surface area contributed by atoms with Crippen molar-refractivity contribution in [1.29, 1.82) is 0 Å². The third-order valence-electron chi connectivity index (χ3n) is 3.46. The number of amides is 2. The van der Waals surface area contributed by atoms with Crippen LogP contribution < -0.4 is 15.4 Å². The predicted molar refractivity (Wildman–Crippen MR) is 90.5 cm³/mol. The number of benzene rings is 2. The molecule has 2 N–H and O–H groups in total. The lowest BCUT2D eigenvalue weighted by molar-refractivity contribution is 0.0963. The van der Waals surface area contributed by atoms with E-state index in [-0.39, 0.29) is 11.8 Å². The third-order valence-corrected chi connectivity index (χ3v) is 3.87. The van der Waals surface area contributed by atoms with Crippen molar-refractivity contribution >= 4 is 29.1 Å². The second-order valence-electron chi connectivity index (χ2n) is 4.86. The fourth-order valence-corrected chi connectivity index (χ4v) is 2.30. The van der Waals surface area contributed by atoms with E-state index >= 15 is 0 Å². The van der Waals surface area contributed by atoms with Gasteiger partial charge in [0.15, 0.2) is 0 Å². The Morgan fingerprint density at radius 2 is 1.83 bits per heavy atom. The number of halogens is 1. The van der Waals surface area contributed by atoms with Gasteiger partial charge in [-0.3, -0.25) is 9.59 Å². The molecule has 2 aromatic carbocycles. The van der Waals surface area contributed by atoms with E-state index in [2.05, 4.69) is 10.6 Å². The van der Waals surface area contributed by atoms with E-state index in [1.54, 1.807) is 43.3 Å². The molecule has 0 aliphatic carbocycles. The molecule has 5 nitrogen and oxygen atoms in total. The van der Waals surface area contributed by atoms with E-state index in [1.165, 1.54) is 14.2 Å². The fourth-order valence-electron chi connectivity index (χ4n) is 2.12. The van der Waals surface area contributed by atoms with Gasteiger partial charge >= 0.3 is 0 Å². The molecule has 0 saturated heterocycles. The van der Waals surface area contributed by atoms with Crippen LogP contribution >= 0.6 is 11.6 Å². The molecule has 6 heteroatoms. The van der Waals surface area contributed by atoms with Crippen molar-refractivity contribution in [2.75, 3.05) is 19.5 Å². The Hall–Kier alpha value is -2.53. The second-order valence-corrected chi connectivity index (χ2v) is 5.26. The molecular weight excluding hydrogens is 316 g/mol. The minimum Gasteiger partial charge on any atom is -0.497 e. The lowest BCUT2D eigenvalue weighted by Gasteiger charge is -2.13. The summed E-state index contributed by atoms with van der Waals surface area (Å²) in [5.74, 6) is -0.122. The van der Waals surface area contributed by atoms with Gasteiger partial charge in [0.25, 0.3) is 11.8 Å². The molecule has 0 saturated carbocycles. The van der Waals surface area contributed by atoms with Gasteiger partial charge in [0.2, 0.25) is 0 Å². The zero-order valence-corrected chi connectivity index (χ0v) is 13.8. The molecule has 2 amide bonds. The summed E-state index contributed by atoms with van der Waals surface area (Å²) in [5.41, 5.74) is 1.85. The highest BCUT2D eigenvalue weighted by atomic mass is 35.5. The minimum absolute atomic E-state index is 0.318. The van der Waals surface area contributed by atoms with Gasteiger partial charge in [-0.1, -0.05) is 17.7 Å². The largest absolute Gasteiger partial charge is 0.497 e. The smallest absolute Gasteiger partial charge is 0.256 e. The lowest BCUT2D eigenvalue weighted by Crippen LogP contribution is -2.22. The Bertz CT molecular complexity index is 759. The monoisotopic (exact) mass is 332 g/mol. The summed E-state index contributed by atoms with van der Waals surface area (Å²) in [6.45, 7) is 1.77. The van der Waals surface area contributed by atoms with Crippen molar-refractivity contribution in [1.82, 2.24) is 5.32 Å². The SMILES string of the molecule is CNC(=O)c1cc(OC)ccc1NC(=O)c1cccc(Cl)c1C. The first-order valence-corrected chi connectivity index (χ1v) is 7.32. The Kier molecular flexibility index (Phi) is 5.24. The van der Waals surface area contributed by atoms with E-state index in [0.29, 0.717) is 33.1 Å². The Morgan fingerprint density at radius 1 is 1.09 bits per heavy atom. The van der Waals surface area contributed by atoms with Gasteiger partial charge in [-0.2, -0.15) is 0 Å². The molecule has 0 atom stereocenters. The first kappa shape index (κ1) is 16.8. The summed E-state index contributed by atoms with van der Waals surface area (Å²) in [5, 5.41) is 5.80. The third kappa shape index (κ3) is 3.63. The molecule has 0 spiro atoms. The molecule has 120 valence electrons. The molecule has 0 aliphatic rings. The van der Waals surface area contributed by atoms with Crippen LogP contribution in [-0.4, -0.2) is 26.0 Å². The minimum atomic E-state index is -0.333. The number of methoxy groups -OCH3 is 1. The van der Waals surface area contributed by atoms with Crippen LogP contribution in [0.5, 0.6) is 5.75 Å². The van der Waals surface area contributed by atoms with E-state index in [9.17, 15) is 9.59 Å². The summed E-state index contributed by atoms with van der Waals surface area (Å²) in [4.78, 5) is 24.5. The number of nitrogens with one attached hydrogen (secondary N) is 2. The number of anilines is 1. The van der Waals surface area contributed by atoms with Crippen molar-refractivity contribution in [3.63, 3.8) is 0 Å². The van der Waals surface area contributed by atoms with Crippen LogP contribution in [0, 0.1) is 6.92 Å². The van der Waals surface area contributed by atoms with Crippen molar-refractivity contribution in [3.8, 4) is 5.75 Å². The maximum absolute atomic E-state index is 12.5. The molecule has 2 aromatic rings. The first-order valence-electron chi connectivity index (χ1n) is 6.94. The summed E-state index contributed by atoms with van der Waals surface area (Å²) < 4.78 is 5.12. The van der Waals surface area contributed by atoms with E-state index < -0.39 is 0 Å². The summed E-state index contributed by atoms with van der Waals surface area (Å²) in [6.07, 6.45) is 0. The molecule has 23 heavy (non-hydrogen) atoms. The highest BCUT2D eigenvalue weighted by Crippen LogP contribution is 2.24. The van der Waals surface area contributed by atoms with Crippen LogP contribution in [0.3, 0.4) is 0 Å². The molecule has 0 fully saturated rings. The van der Waals surface area contributed by atoms with E-state index in [0.717, 1.165) is 0 Å². The fraction of sp³-hybridized carbons (Fsp3) is 0.176. The lowest BCUT2D eigenvalue weighted by atomic mass is 10.1. The molecule has 0 bridgehead atoms. The van der Waals surface area contributed by atoms with Gasteiger partial charge in [0, 0.05) is 17.6 Å². The molecule has 0 heterocycles. The highest BCUT2D eigenvalue weighted by Gasteiger charge is 2.16. The van der Waals surface area contributed by atoms with Crippen LogP contribution in [0.4, 0.5) is 5.69 Å².